The Balaban J connectivity index is 1.59. The molecule has 28 heavy (non-hydrogen) atoms. The van der Waals surface area contributed by atoms with Crippen molar-refractivity contribution in [3.8, 4) is 0 Å². The van der Waals surface area contributed by atoms with Gasteiger partial charge in [-0.25, -0.2) is 4.99 Å². The van der Waals surface area contributed by atoms with Crippen LogP contribution in [0.2, 0.25) is 0 Å². The third kappa shape index (κ3) is 5.28. The van der Waals surface area contributed by atoms with Gasteiger partial charge in [-0.1, -0.05) is 18.2 Å². The number of aliphatic imine (C=N–C) groups is 1. The van der Waals surface area contributed by atoms with E-state index in [0.717, 1.165) is 49.3 Å². The van der Waals surface area contributed by atoms with Gasteiger partial charge in [0.15, 0.2) is 11.8 Å². The van der Waals surface area contributed by atoms with Crippen LogP contribution in [0, 0.1) is 6.92 Å². The minimum Gasteiger partial charge on any atom is -0.361 e. The second-order valence-electron chi connectivity index (χ2n) is 6.70. The Bertz CT molecular complexity index is 912. The minimum atomic E-state index is 0.502. The molecule has 2 aromatic heterocycles. The predicted molar refractivity (Wildman–Crippen MR) is 118 cm³/mol. The highest BCUT2D eigenvalue weighted by Crippen LogP contribution is 2.17. The average Bonchev–Trinajstić information content (AvgIpc) is 3.26. The molecule has 0 unspecified atom stereocenters. The lowest BCUT2D eigenvalue weighted by molar-refractivity contribution is 0.743. The van der Waals surface area contributed by atoms with Crippen LogP contribution in [0.5, 0.6) is 0 Å². The van der Waals surface area contributed by atoms with Crippen molar-refractivity contribution < 1.29 is 0 Å². The lowest BCUT2D eigenvalue weighted by Crippen LogP contribution is -2.39. The van der Waals surface area contributed by atoms with E-state index in [2.05, 4.69) is 62.5 Å². The van der Waals surface area contributed by atoms with Gasteiger partial charge in [0.2, 0.25) is 0 Å². The van der Waals surface area contributed by atoms with Crippen molar-refractivity contribution in [1.29, 1.82) is 0 Å². The summed E-state index contributed by atoms with van der Waals surface area (Å²) >= 11 is 1.86. The summed E-state index contributed by atoms with van der Waals surface area (Å²) in [6.07, 6.45) is 6.26. The molecule has 0 aliphatic carbocycles. The molecule has 2 heterocycles. The Kier molecular flexibility index (Phi) is 7.36. The summed E-state index contributed by atoms with van der Waals surface area (Å²) in [7, 11) is 1.97. The first-order valence-corrected chi connectivity index (χ1v) is 11.0. The van der Waals surface area contributed by atoms with Crippen molar-refractivity contribution in [3.05, 3.63) is 47.7 Å². The fourth-order valence-electron chi connectivity index (χ4n) is 2.99. The van der Waals surface area contributed by atoms with Gasteiger partial charge in [-0.15, -0.1) is 10.2 Å². The molecule has 3 rings (SSSR count). The largest absolute Gasteiger partial charge is 0.361 e. The van der Waals surface area contributed by atoms with Crippen LogP contribution >= 0.6 is 11.8 Å². The Morgan fingerprint density at radius 1 is 1.21 bits per heavy atom. The van der Waals surface area contributed by atoms with Crippen LogP contribution in [0.4, 0.5) is 0 Å². The number of guanidine groups is 1. The zero-order valence-electron chi connectivity index (χ0n) is 16.8. The summed E-state index contributed by atoms with van der Waals surface area (Å²) in [5.41, 5.74) is 2.49. The van der Waals surface area contributed by atoms with E-state index in [0.29, 0.717) is 6.54 Å². The number of fused-ring (bicyclic) bond motifs is 1. The summed E-state index contributed by atoms with van der Waals surface area (Å²) in [4.78, 5) is 8.04. The molecule has 0 amide bonds. The SMILES string of the molecule is CSCCCNC(=NCc1nnc(C)n1C)NCCc1c[nH]c2ccccc12. The molecule has 0 saturated heterocycles. The van der Waals surface area contributed by atoms with Crippen molar-refractivity contribution in [3.63, 3.8) is 0 Å². The van der Waals surface area contributed by atoms with E-state index in [-0.39, 0.29) is 0 Å². The number of para-hydroxylation sites is 1. The number of aromatic nitrogens is 4. The second-order valence-corrected chi connectivity index (χ2v) is 7.68. The molecule has 0 aliphatic rings. The van der Waals surface area contributed by atoms with Crippen molar-refractivity contribution in [2.75, 3.05) is 25.1 Å². The molecule has 0 bridgehead atoms. The number of nitrogens with zero attached hydrogens (tertiary/aromatic N) is 4. The molecule has 1 aromatic carbocycles. The van der Waals surface area contributed by atoms with Crippen LogP contribution in [0.1, 0.15) is 23.6 Å². The van der Waals surface area contributed by atoms with E-state index in [1.54, 1.807) is 0 Å². The lowest BCUT2D eigenvalue weighted by atomic mass is 10.1. The molecule has 0 radical (unpaired) electrons. The lowest BCUT2D eigenvalue weighted by Gasteiger charge is -2.12. The van der Waals surface area contributed by atoms with Gasteiger partial charge < -0.3 is 20.2 Å². The van der Waals surface area contributed by atoms with E-state index in [4.69, 9.17) is 4.99 Å². The van der Waals surface area contributed by atoms with Crippen LogP contribution in [-0.2, 0) is 20.0 Å². The number of thioether (sulfide) groups is 1. The first-order valence-electron chi connectivity index (χ1n) is 9.60. The Labute approximate surface area is 170 Å². The third-order valence-electron chi connectivity index (χ3n) is 4.74. The van der Waals surface area contributed by atoms with Crippen LogP contribution in [0.15, 0.2) is 35.5 Å². The zero-order valence-corrected chi connectivity index (χ0v) is 17.6. The Morgan fingerprint density at radius 2 is 2.04 bits per heavy atom. The number of nitrogens with one attached hydrogen (secondary N) is 3. The maximum Gasteiger partial charge on any atom is 0.191 e. The van der Waals surface area contributed by atoms with Crippen LogP contribution in [0.25, 0.3) is 10.9 Å². The number of hydrogen-bond acceptors (Lipinski definition) is 4. The smallest absolute Gasteiger partial charge is 0.191 e. The van der Waals surface area contributed by atoms with Gasteiger partial charge in [0, 0.05) is 37.2 Å². The Hall–Kier alpha value is -2.48. The summed E-state index contributed by atoms with van der Waals surface area (Å²) in [5.74, 6) is 3.71. The molecule has 3 N–H and O–H groups in total. The Morgan fingerprint density at radius 3 is 2.82 bits per heavy atom. The topological polar surface area (TPSA) is 82.9 Å². The fourth-order valence-corrected chi connectivity index (χ4v) is 3.42. The van der Waals surface area contributed by atoms with Crippen LogP contribution < -0.4 is 10.6 Å². The molecule has 0 saturated carbocycles. The van der Waals surface area contributed by atoms with E-state index in [9.17, 15) is 0 Å². The van der Waals surface area contributed by atoms with Gasteiger partial charge in [0.1, 0.15) is 12.4 Å². The molecule has 7 nitrogen and oxygen atoms in total. The summed E-state index contributed by atoms with van der Waals surface area (Å²) in [6, 6.07) is 8.40. The minimum absolute atomic E-state index is 0.502. The molecule has 150 valence electrons. The standard InChI is InChI=1S/C20H29N7S/c1-15-25-26-19(27(15)2)14-24-20(21-10-6-12-28-3)22-11-9-16-13-23-18-8-5-4-7-17(16)18/h4-5,7-8,13,23H,6,9-12,14H2,1-3H3,(H2,21,22,24). The highest BCUT2D eigenvalue weighted by Gasteiger charge is 2.06. The first-order chi connectivity index (χ1) is 13.7. The fraction of sp³-hybridized carbons (Fsp3) is 0.450. The number of aromatic amines is 1. The van der Waals surface area contributed by atoms with Crippen molar-refractivity contribution in [2.24, 2.45) is 12.0 Å². The maximum absolute atomic E-state index is 4.70. The van der Waals surface area contributed by atoms with Crippen molar-refractivity contribution in [1.82, 2.24) is 30.4 Å². The molecular formula is C20H29N7S. The van der Waals surface area contributed by atoms with E-state index in [1.165, 1.54) is 16.5 Å². The second kappa shape index (κ2) is 10.2. The van der Waals surface area contributed by atoms with Gasteiger partial charge in [0.05, 0.1) is 0 Å². The number of H-pyrrole nitrogens is 1. The highest BCUT2D eigenvalue weighted by molar-refractivity contribution is 7.98. The normalized spacial score (nSPS) is 11.9. The molecule has 0 fully saturated rings. The summed E-state index contributed by atoms with van der Waals surface area (Å²) < 4.78 is 1.97. The highest BCUT2D eigenvalue weighted by atomic mass is 32.2. The van der Waals surface area contributed by atoms with E-state index >= 15 is 0 Å². The first kappa shape index (κ1) is 20.3. The summed E-state index contributed by atoms with van der Waals surface area (Å²) in [5, 5.41) is 16.5. The van der Waals surface area contributed by atoms with E-state index < -0.39 is 0 Å². The predicted octanol–water partition coefficient (Wildman–Crippen LogP) is 2.64. The maximum atomic E-state index is 4.70. The average molecular weight is 400 g/mol. The van der Waals surface area contributed by atoms with Crippen molar-refractivity contribution in [2.45, 2.75) is 26.3 Å². The quantitative estimate of drug-likeness (QED) is 0.293. The molecular weight excluding hydrogens is 370 g/mol. The van der Waals surface area contributed by atoms with Crippen molar-refractivity contribution >= 4 is 28.6 Å². The zero-order chi connectivity index (χ0) is 19.8. The third-order valence-corrected chi connectivity index (χ3v) is 5.44. The number of benzene rings is 1. The molecule has 0 aliphatic heterocycles. The number of hydrogen-bond donors (Lipinski definition) is 3. The summed E-state index contributed by atoms with van der Waals surface area (Å²) in [6.45, 7) is 4.16. The van der Waals surface area contributed by atoms with E-state index in [1.807, 2.05) is 30.3 Å². The molecule has 8 heteroatoms. The molecule has 0 atom stereocenters. The van der Waals surface area contributed by atoms with Gasteiger partial charge in [0.25, 0.3) is 0 Å². The molecule has 0 spiro atoms. The van der Waals surface area contributed by atoms with Gasteiger partial charge in [-0.2, -0.15) is 11.8 Å². The monoisotopic (exact) mass is 399 g/mol. The van der Waals surface area contributed by atoms with Gasteiger partial charge in [-0.3, -0.25) is 0 Å². The number of aryl methyl sites for hydroxylation is 1. The van der Waals surface area contributed by atoms with Gasteiger partial charge >= 0.3 is 0 Å². The van der Waals surface area contributed by atoms with Crippen LogP contribution in [-0.4, -0.2) is 50.8 Å². The van der Waals surface area contributed by atoms with Gasteiger partial charge in [-0.05, 0) is 43.4 Å². The van der Waals surface area contributed by atoms with Crippen LogP contribution in [0.3, 0.4) is 0 Å². The molecule has 3 aromatic rings. The number of rotatable bonds is 9.